The van der Waals surface area contributed by atoms with Crippen molar-refractivity contribution in [3.63, 3.8) is 0 Å². The van der Waals surface area contributed by atoms with Gasteiger partial charge >= 0.3 is 0 Å². The molecule has 0 fully saturated rings. The number of hydrogen-bond acceptors (Lipinski definition) is 3. The number of nitrogens with one attached hydrogen (secondary N) is 3. The molecule has 0 unspecified atom stereocenters. The Bertz CT molecular complexity index is 444. The summed E-state index contributed by atoms with van der Waals surface area (Å²) in [5.41, 5.74) is 1.34. The van der Waals surface area contributed by atoms with Crippen molar-refractivity contribution < 1.29 is 9.59 Å². The summed E-state index contributed by atoms with van der Waals surface area (Å²) in [4.78, 5) is 22.6. The minimum absolute atomic E-state index is 0.0966. The summed E-state index contributed by atoms with van der Waals surface area (Å²) >= 11 is 0. The molecule has 0 aliphatic heterocycles. The maximum absolute atomic E-state index is 11.7. The Hall–Kier alpha value is -1.88. The Morgan fingerprint density at radius 1 is 1.16 bits per heavy atom. The van der Waals surface area contributed by atoms with Crippen LogP contribution in [0.25, 0.3) is 0 Å². The van der Waals surface area contributed by atoms with Crippen molar-refractivity contribution in [2.24, 2.45) is 5.92 Å². The van der Waals surface area contributed by atoms with Gasteiger partial charge in [0.05, 0.1) is 6.54 Å². The average Bonchev–Trinajstić information content (AvgIpc) is 2.27. The van der Waals surface area contributed by atoms with Gasteiger partial charge in [0.1, 0.15) is 0 Å². The molecule has 0 bridgehead atoms. The summed E-state index contributed by atoms with van der Waals surface area (Å²) < 4.78 is 0. The quantitative estimate of drug-likeness (QED) is 0.733. The second-order valence-electron chi connectivity index (χ2n) is 4.83. The fourth-order valence-corrected chi connectivity index (χ4v) is 1.56. The molecule has 1 aromatic rings. The number of amides is 2. The fourth-order valence-electron chi connectivity index (χ4n) is 1.56. The fraction of sp³-hybridized carbons (Fsp3) is 0.429. The molecule has 1 rings (SSSR count). The Morgan fingerprint density at radius 3 is 2.37 bits per heavy atom. The summed E-state index contributed by atoms with van der Waals surface area (Å²) in [6.45, 7) is 6.70. The number of carbonyl (C=O) groups is 2. The zero-order chi connectivity index (χ0) is 14.3. The van der Waals surface area contributed by atoms with Gasteiger partial charge in [0, 0.05) is 18.3 Å². The van der Waals surface area contributed by atoms with Crippen LogP contribution in [0.3, 0.4) is 0 Å². The largest absolute Gasteiger partial charge is 0.326 e. The molecule has 0 heterocycles. The van der Waals surface area contributed by atoms with Gasteiger partial charge in [0.2, 0.25) is 11.8 Å². The highest BCUT2D eigenvalue weighted by molar-refractivity contribution is 5.94. The van der Waals surface area contributed by atoms with Gasteiger partial charge in [-0.25, -0.2) is 0 Å². The van der Waals surface area contributed by atoms with Crippen LogP contribution in [0.5, 0.6) is 0 Å². The first-order valence-corrected chi connectivity index (χ1v) is 6.35. The van der Waals surface area contributed by atoms with E-state index in [0.717, 1.165) is 6.54 Å². The van der Waals surface area contributed by atoms with Crippen LogP contribution >= 0.6 is 0 Å². The van der Waals surface area contributed by atoms with E-state index < -0.39 is 0 Å². The predicted octanol–water partition coefficient (Wildman–Crippen LogP) is 1.83. The summed E-state index contributed by atoms with van der Waals surface area (Å²) in [5.74, 6) is 0.276. The van der Waals surface area contributed by atoms with Crippen molar-refractivity contribution in [1.29, 1.82) is 0 Å². The third-order valence-corrected chi connectivity index (χ3v) is 2.30. The van der Waals surface area contributed by atoms with Gasteiger partial charge in [-0.05, 0) is 30.7 Å². The van der Waals surface area contributed by atoms with Crippen LogP contribution in [0.1, 0.15) is 20.8 Å². The first-order valence-electron chi connectivity index (χ1n) is 6.35. The van der Waals surface area contributed by atoms with Crippen LogP contribution in [0.4, 0.5) is 11.4 Å². The summed E-state index contributed by atoms with van der Waals surface area (Å²) in [7, 11) is 0. The van der Waals surface area contributed by atoms with Crippen LogP contribution in [-0.4, -0.2) is 24.9 Å². The molecule has 0 saturated heterocycles. The minimum atomic E-state index is -0.137. The van der Waals surface area contributed by atoms with E-state index in [1.165, 1.54) is 6.92 Å². The second-order valence-corrected chi connectivity index (χ2v) is 4.83. The maximum atomic E-state index is 11.7. The molecule has 0 spiro atoms. The third-order valence-electron chi connectivity index (χ3n) is 2.30. The number of anilines is 2. The van der Waals surface area contributed by atoms with Crippen LogP contribution in [0.15, 0.2) is 24.3 Å². The highest BCUT2D eigenvalue weighted by atomic mass is 16.2. The van der Waals surface area contributed by atoms with E-state index in [9.17, 15) is 9.59 Å². The Morgan fingerprint density at radius 2 is 1.79 bits per heavy atom. The van der Waals surface area contributed by atoms with E-state index in [0.29, 0.717) is 17.3 Å². The smallest absolute Gasteiger partial charge is 0.238 e. The van der Waals surface area contributed by atoms with Gasteiger partial charge in [-0.2, -0.15) is 0 Å². The van der Waals surface area contributed by atoms with Gasteiger partial charge in [-0.3, -0.25) is 9.59 Å². The standard InChI is InChI=1S/C14H21N3O2/c1-10(2)8-15-9-14(19)17-13-6-4-5-12(7-13)16-11(3)18/h4-7,10,15H,8-9H2,1-3H3,(H,16,18)(H,17,19). The third kappa shape index (κ3) is 6.57. The highest BCUT2D eigenvalue weighted by Gasteiger charge is 2.03. The number of carbonyl (C=O) groups excluding carboxylic acids is 2. The lowest BCUT2D eigenvalue weighted by molar-refractivity contribution is -0.115. The van der Waals surface area contributed by atoms with Gasteiger partial charge in [-0.1, -0.05) is 19.9 Å². The predicted molar refractivity (Wildman–Crippen MR) is 77.1 cm³/mol. The number of hydrogen-bond donors (Lipinski definition) is 3. The number of rotatable bonds is 6. The zero-order valence-corrected chi connectivity index (χ0v) is 11.6. The topological polar surface area (TPSA) is 70.2 Å². The molecular weight excluding hydrogens is 242 g/mol. The monoisotopic (exact) mass is 263 g/mol. The summed E-state index contributed by atoms with van der Waals surface area (Å²) in [6, 6.07) is 7.06. The van der Waals surface area contributed by atoms with Crippen molar-refractivity contribution >= 4 is 23.2 Å². The molecule has 5 nitrogen and oxygen atoms in total. The van der Waals surface area contributed by atoms with E-state index in [4.69, 9.17) is 0 Å². The molecule has 0 atom stereocenters. The van der Waals surface area contributed by atoms with Crippen LogP contribution in [0, 0.1) is 5.92 Å². The highest BCUT2D eigenvalue weighted by Crippen LogP contribution is 2.14. The van der Waals surface area contributed by atoms with Crippen LogP contribution < -0.4 is 16.0 Å². The van der Waals surface area contributed by atoms with Crippen LogP contribution in [-0.2, 0) is 9.59 Å². The lowest BCUT2D eigenvalue weighted by atomic mass is 10.2. The Balaban J connectivity index is 2.47. The maximum Gasteiger partial charge on any atom is 0.238 e. The van der Waals surface area contributed by atoms with Gasteiger partial charge in [0.25, 0.3) is 0 Å². The van der Waals surface area contributed by atoms with Crippen molar-refractivity contribution in [1.82, 2.24) is 5.32 Å². The molecule has 0 aliphatic carbocycles. The Kier molecular flexibility index (Phi) is 6.02. The van der Waals surface area contributed by atoms with Crippen LogP contribution in [0.2, 0.25) is 0 Å². The summed E-state index contributed by atoms with van der Waals surface area (Å²) in [6.07, 6.45) is 0. The zero-order valence-electron chi connectivity index (χ0n) is 11.6. The molecule has 0 aromatic heterocycles. The van der Waals surface area contributed by atoms with Gasteiger partial charge in [-0.15, -0.1) is 0 Å². The van der Waals surface area contributed by atoms with Gasteiger partial charge < -0.3 is 16.0 Å². The van der Waals surface area contributed by atoms with Gasteiger partial charge in [0.15, 0.2) is 0 Å². The first-order chi connectivity index (χ1) is 8.97. The normalized spacial score (nSPS) is 10.3. The SMILES string of the molecule is CC(=O)Nc1cccc(NC(=O)CNCC(C)C)c1. The number of benzene rings is 1. The molecular formula is C14H21N3O2. The van der Waals surface area contributed by atoms with E-state index >= 15 is 0 Å². The molecule has 3 N–H and O–H groups in total. The molecule has 0 aliphatic rings. The average molecular weight is 263 g/mol. The van der Waals surface area contributed by atoms with Crippen molar-refractivity contribution in [3.05, 3.63) is 24.3 Å². The molecule has 104 valence electrons. The lowest BCUT2D eigenvalue weighted by Gasteiger charge is -2.09. The first kappa shape index (κ1) is 15.2. The molecule has 2 amide bonds. The van der Waals surface area contributed by atoms with E-state index in [1.807, 2.05) is 0 Å². The summed E-state index contributed by atoms with van der Waals surface area (Å²) in [5, 5.41) is 8.52. The molecule has 1 aromatic carbocycles. The van der Waals surface area contributed by atoms with Crippen molar-refractivity contribution in [2.45, 2.75) is 20.8 Å². The van der Waals surface area contributed by atoms with E-state index in [1.54, 1.807) is 24.3 Å². The second kappa shape index (κ2) is 7.53. The van der Waals surface area contributed by atoms with E-state index in [-0.39, 0.29) is 18.4 Å². The van der Waals surface area contributed by atoms with Crippen molar-refractivity contribution in [2.75, 3.05) is 23.7 Å². The minimum Gasteiger partial charge on any atom is -0.326 e. The molecule has 0 radical (unpaired) electrons. The Labute approximate surface area is 113 Å². The molecule has 0 saturated carbocycles. The lowest BCUT2D eigenvalue weighted by Crippen LogP contribution is -2.30. The molecule has 19 heavy (non-hydrogen) atoms. The van der Waals surface area contributed by atoms with E-state index in [2.05, 4.69) is 29.8 Å². The van der Waals surface area contributed by atoms with Crippen molar-refractivity contribution in [3.8, 4) is 0 Å². The molecule has 5 heteroatoms.